The quantitative estimate of drug-likeness (QED) is 0.831. The van der Waals surface area contributed by atoms with Gasteiger partial charge in [-0.2, -0.15) is 0 Å². The normalized spacial score (nSPS) is 10.0. The van der Waals surface area contributed by atoms with E-state index in [1.165, 1.54) is 5.56 Å². The van der Waals surface area contributed by atoms with Crippen LogP contribution < -0.4 is 10.6 Å². The van der Waals surface area contributed by atoms with Gasteiger partial charge in [0.1, 0.15) is 0 Å². The molecule has 98 valence electrons. The summed E-state index contributed by atoms with van der Waals surface area (Å²) in [6, 6.07) is 15.8. The molecule has 0 heterocycles. The van der Waals surface area contributed by atoms with Gasteiger partial charge >= 0.3 is 0 Å². The molecule has 0 bridgehead atoms. The zero-order chi connectivity index (χ0) is 13.7. The van der Waals surface area contributed by atoms with E-state index in [1.54, 1.807) is 0 Å². The lowest BCUT2D eigenvalue weighted by Gasteiger charge is -2.13. The van der Waals surface area contributed by atoms with Crippen molar-refractivity contribution in [2.24, 2.45) is 0 Å². The van der Waals surface area contributed by atoms with E-state index in [2.05, 4.69) is 22.8 Å². The molecular weight excluding hydrogens is 276 g/mol. The van der Waals surface area contributed by atoms with E-state index in [-0.39, 0.29) is 0 Å². The van der Waals surface area contributed by atoms with Crippen molar-refractivity contribution in [1.29, 1.82) is 0 Å². The number of halogens is 1. The first-order chi connectivity index (χ1) is 9.16. The number of benzene rings is 2. The summed E-state index contributed by atoms with van der Waals surface area (Å²) >= 11 is 11.3. The van der Waals surface area contributed by atoms with Crippen LogP contribution in [0.4, 0.5) is 5.69 Å². The van der Waals surface area contributed by atoms with Gasteiger partial charge in [0.2, 0.25) is 0 Å². The molecule has 0 unspecified atom stereocenters. The van der Waals surface area contributed by atoms with E-state index in [0.29, 0.717) is 11.7 Å². The average Bonchev–Trinajstić information content (AvgIpc) is 2.43. The number of thiocarbonyl (C=S) groups is 1. The minimum Gasteiger partial charge on any atom is -0.358 e. The summed E-state index contributed by atoms with van der Waals surface area (Å²) in [7, 11) is 0. The summed E-state index contributed by atoms with van der Waals surface area (Å²) in [5.41, 5.74) is 3.11. The molecule has 2 aromatic carbocycles. The highest BCUT2D eigenvalue weighted by atomic mass is 35.5. The summed E-state index contributed by atoms with van der Waals surface area (Å²) in [5.74, 6) is 0. The van der Waals surface area contributed by atoms with Crippen LogP contribution in [-0.4, -0.2) is 5.11 Å². The Morgan fingerprint density at radius 2 is 1.84 bits per heavy atom. The second-order valence-corrected chi connectivity index (χ2v) is 5.02. The van der Waals surface area contributed by atoms with E-state index in [1.807, 2.05) is 43.3 Å². The topological polar surface area (TPSA) is 24.1 Å². The predicted molar refractivity (Wildman–Crippen MR) is 85.7 cm³/mol. The zero-order valence-corrected chi connectivity index (χ0v) is 12.2. The molecule has 0 aliphatic rings. The molecule has 0 radical (unpaired) electrons. The molecule has 0 amide bonds. The van der Waals surface area contributed by atoms with Crippen molar-refractivity contribution < 1.29 is 0 Å². The molecule has 0 fully saturated rings. The van der Waals surface area contributed by atoms with E-state index in [4.69, 9.17) is 23.8 Å². The predicted octanol–water partition coefficient (Wildman–Crippen LogP) is 4.14. The molecule has 2 rings (SSSR count). The van der Waals surface area contributed by atoms with Crippen LogP contribution in [-0.2, 0) is 6.54 Å². The average molecular weight is 291 g/mol. The van der Waals surface area contributed by atoms with Crippen molar-refractivity contribution >= 4 is 34.6 Å². The lowest BCUT2D eigenvalue weighted by molar-refractivity contribution is 0.926. The zero-order valence-electron chi connectivity index (χ0n) is 10.6. The Morgan fingerprint density at radius 3 is 2.58 bits per heavy atom. The summed E-state index contributed by atoms with van der Waals surface area (Å²) in [4.78, 5) is 0. The van der Waals surface area contributed by atoms with Crippen LogP contribution in [0.1, 0.15) is 11.1 Å². The highest BCUT2D eigenvalue weighted by molar-refractivity contribution is 7.80. The molecular formula is C15H15ClN2S. The third kappa shape index (κ3) is 3.94. The molecule has 0 saturated heterocycles. The van der Waals surface area contributed by atoms with Crippen molar-refractivity contribution in [2.45, 2.75) is 13.5 Å². The summed E-state index contributed by atoms with van der Waals surface area (Å²) < 4.78 is 0. The van der Waals surface area contributed by atoms with Gasteiger partial charge in [0.15, 0.2) is 5.11 Å². The molecule has 2 nitrogen and oxygen atoms in total. The Morgan fingerprint density at radius 1 is 1.11 bits per heavy atom. The van der Waals surface area contributed by atoms with Crippen LogP contribution in [0, 0.1) is 6.92 Å². The number of hydrogen-bond donors (Lipinski definition) is 2. The molecule has 0 atom stereocenters. The Kier molecular flexibility index (Phi) is 4.77. The van der Waals surface area contributed by atoms with Crippen molar-refractivity contribution in [3.05, 3.63) is 64.7 Å². The summed E-state index contributed by atoms with van der Waals surface area (Å²) in [6.45, 7) is 2.66. The molecule has 0 aliphatic carbocycles. The molecule has 4 heteroatoms. The van der Waals surface area contributed by atoms with Crippen molar-refractivity contribution in [2.75, 3.05) is 5.32 Å². The van der Waals surface area contributed by atoms with Gasteiger partial charge in [-0.1, -0.05) is 48.0 Å². The molecule has 2 aromatic rings. The highest BCUT2D eigenvalue weighted by Gasteiger charge is 2.03. The maximum atomic E-state index is 6.07. The fraction of sp³-hybridized carbons (Fsp3) is 0.133. The van der Waals surface area contributed by atoms with E-state index >= 15 is 0 Å². The van der Waals surface area contributed by atoms with Gasteiger partial charge in [-0.05, 0) is 42.4 Å². The lowest BCUT2D eigenvalue weighted by atomic mass is 10.2. The van der Waals surface area contributed by atoms with Gasteiger partial charge in [-0.3, -0.25) is 0 Å². The number of nitrogens with one attached hydrogen (secondary N) is 2. The maximum absolute atomic E-state index is 6.07. The Hall–Kier alpha value is -1.58. The first kappa shape index (κ1) is 13.8. The fourth-order valence-electron chi connectivity index (χ4n) is 1.69. The van der Waals surface area contributed by atoms with Crippen LogP contribution in [0.25, 0.3) is 0 Å². The van der Waals surface area contributed by atoms with Gasteiger partial charge < -0.3 is 10.6 Å². The number of hydrogen-bond acceptors (Lipinski definition) is 1. The van der Waals surface area contributed by atoms with Crippen molar-refractivity contribution in [3.8, 4) is 0 Å². The monoisotopic (exact) mass is 290 g/mol. The molecule has 0 saturated carbocycles. The first-order valence-corrected chi connectivity index (χ1v) is 6.79. The highest BCUT2D eigenvalue weighted by Crippen LogP contribution is 2.22. The SMILES string of the molecule is Cc1c(Cl)cccc1NC(=S)NCc1ccccc1. The van der Waals surface area contributed by atoms with Gasteiger partial charge in [0.25, 0.3) is 0 Å². The van der Waals surface area contributed by atoms with Crippen LogP contribution in [0.2, 0.25) is 5.02 Å². The lowest BCUT2D eigenvalue weighted by Crippen LogP contribution is -2.28. The van der Waals surface area contributed by atoms with E-state index < -0.39 is 0 Å². The van der Waals surface area contributed by atoms with Crippen molar-refractivity contribution in [3.63, 3.8) is 0 Å². The number of anilines is 1. The van der Waals surface area contributed by atoms with E-state index in [9.17, 15) is 0 Å². The number of rotatable bonds is 3. The smallest absolute Gasteiger partial charge is 0.171 e. The van der Waals surface area contributed by atoms with Crippen molar-refractivity contribution in [1.82, 2.24) is 5.32 Å². The molecule has 2 N–H and O–H groups in total. The third-order valence-corrected chi connectivity index (χ3v) is 3.47. The molecule has 19 heavy (non-hydrogen) atoms. The third-order valence-electron chi connectivity index (χ3n) is 2.81. The van der Waals surface area contributed by atoms with Gasteiger partial charge in [-0.25, -0.2) is 0 Å². The largest absolute Gasteiger partial charge is 0.358 e. The first-order valence-electron chi connectivity index (χ1n) is 6.00. The van der Waals surface area contributed by atoms with E-state index in [0.717, 1.165) is 16.3 Å². The molecule has 0 aromatic heterocycles. The standard InChI is InChI=1S/C15H15ClN2S/c1-11-13(16)8-5-9-14(11)18-15(19)17-10-12-6-3-2-4-7-12/h2-9H,10H2,1H3,(H2,17,18,19). The summed E-state index contributed by atoms with van der Waals surface area (Å²) in [5, 5.41) is 7.65. The van der Waals surface area contributed by atoms with Crippen LogP contribution in [0.15, 0.2) is 48.5 Å². The van der Waals surface area contributed by atoms with Crippen LogP contribution >= 0.6 is 23.8 Å². The Balaban J connectivity index is 1.93. The second kappa shape index (κ2) is 6.55. The van der Waals surface area contributed by atoms with Gasteiger partial charge in [0.05, 0.1) is 0 Å². The van der Waals surface area contributed by atoms with Gasteiger partial charge in [0, 0.05) is 17.3 Å². The van der Waals surface area contributed by atoms with Crippen LogP contribution in [0.5, 0.6) is 0 Å². The Bertz CT molecular complexity index is 570. The molecule has 0 aliphatic heterocycles. The molecule has 0 spiro atoms. The second-order valence-electron chi connectivity index (χ2n) is 4.21. The fourth-order valence-corrected chi connectivity index (χ4v) is 2.04. The summed E-state index contributed by atoms with van der Waals surface area (Å²) in [6.07, 6.45) is 0. The minimum absolute atomic E-state index is 0.592. The Labute approximate surface area is 123 Å². The minimum atomic E-state index is 0.592. The maximum Gasteiger partial charge on any atom is 0.171 e. The van der Waals surface area contributed by atoms with Gasteiger partial charge in [-0.15, -0.1) is 0 Å². The van der Waals surface area contributed by atoms with Crippen LogP contribution in [0.3, 0.4) is 0 Å².